The molecule has 130 valence electrons. The number of ether oxygens (including phenoxy) is 2. The summed E-state index contributed by atoms with van der Waals surface area (Å²) in [7, 11) is 1.46. The van der Waals surface area contributed by atoms with Crippen molar-refractivity contribution in [2.24, 2.45) is 0 Å². The van der Waals surface area contributed by atoms with E-state index in [1.54, 1.807) is 0 Å². The molecule has 0 aromatic rings. The van der Waals surface area contributed by atoms with E-state index in [9.17, 15) is 4.79 Å². The monoisotopic (exact) mass is 312 g/mol. The normalized spacial score (nSPS) is 20.1. The van der Waals surface area contributed by atoms with Crippen LogP contribution < -0.4 is 0 Å². The van der Waals surface area contributed by atoms with Gasteiger partial charge in [-0.05, 0) is 19.3 Å². The first kappa shape index (κ1) is 19.5. The first-order valence-corrected chi connectivity index (χ1v) is 9.50. The average molecular weight is 312 g/mol. The van der Waals surface area contributed by atoms with E-state index in [1.807, 2.05) is 0 Å². The van der Waals surface area contributed by atoms with E-state index >= 15 is 0 Å². The molecule has 1 heterocycles. The predicted octanol–water partition coefficient (Wildman–Crippen LogP) is 5.41. The van der Waals surface area contributed by atoms with E-state index in [1.165, 1.54) is 77.7 Å². The smallest absolute Gasteiger partial charge is 0.305 e. The third-order valence-electron chi connectivity index (χ3n) is 4.63. The van der Waals surface area contributed by atoms with Gasteiger partial charge in [-0.25, -0.2) is 0 Å². The zero-order valence-electron chi connectivity index (χ0n) is 14.8. The molecular weight excluding hydrogens is 276 g/mol. The van der Waals surface area contributed by atoms with E-state index in [-0.39, 0.29) is 5.97 Å². The summed E-state index contributed by atoms with van der Waals surface area (Å²) in [5.41, 5.74) is 0. The summed E-state index contributed by atoms with van der Waals surface area (Å²) in [6.45, 7) is 2.27. The van der Waals surface area contributed by atoms with E-state index < -0.39 is 0 Å². The number of esters is 1. The number of carbonyl (C=O) groups excluding carboxylic acids is 1. The number of hydrogen-bond donors (Lipinski definition) is 0. The van der Waals surface area contributed by atoms with Crippen LogP contribution in [0.4, 0.5) is 0 Å². The Bertz CT molecular complexity index is 278. The lowest BCUT2D eigenvalue weighted by atomic mass is 10.0. The molecule has 0 saturated carbocycles. The van der Waals surface area contributed by atoms with Crippen LogP contribution in [0.15, 0.2) is 0 Å². The summed E-state index contributed by atoms with van der Waals surface area (Å²) in [6.07, 6.45) is 18.3. The zero-order valence-corrected chi connectivity index (χ0v) is 14.8. The second kappa shape index (κ2) is 12.9. The fraction of sp³-hybridized carbons (Fsp3) is 0.947. The standard InChI is InChI=1S/C19H36O3/c1-3-4-5-6-8-11-14-17-18(22-17)15-12-9-7-10-13-16-19(20)21-2/h17-18H,3-16H2,1-2H3/t17-,18-/m0/s1. The lowest BCUT2D eigenvalue weighted by Gasteiger charge is -2.01. The Kier molecular flexibility index (Phi) is 11.4. The van der Waals surface area contributed by atoms with Gasteiger partial charge in [0.1, 0.15) is 0 Å². The van der Waals surface area contributed by atoms with Crippen LogP contribution in [0.5, 0.6) is 0 Å². The Hall–Kier alpha value is -0.570. The van der Waals surface area contributed by atoms with Crippen molar-refractivity contribution in [2.75, 3.05) is 7.11 Å². The highest BCUT2D eigenvalue weighted by Gasteiger charge is 2.36. The molecule has 1 saturated heterocycles. The lowest BCUT2D eigenvalue weighted by Crippen LogP contribution is -1.99. The van der Waals surface area contributed by atoms with Gasteiger partial charge in [-0.3, -0.25) is 4.79 Å². The predicted molar refractivity (Wildman–Crippen MR) is 91.0 cm³/mol. The highest BCUT2D eigenvalue weighted by molar-refractivity contribution is 5.68. The van der Waals surface area contributed by atoms with Crippen molar-refractivity contribution in [1.82, 2.24) is 0 Å². The summed E-state index contributed by atoms with van der Waals surface area (Å²) in [5.74, 6) is -0.0797. The van der Waals surface area contributed by atoms with Crippen molar-refractivity contribution >= 4 is 5.97 Å². The number of rotatable bonds is 15. The summed E-state index contributed by atoms with van der Waals surface area (Å²) in [5, 5.41) is 0. The van der Waals surface area contributed by atoms with Crippen LogP contribution in [0.1, 0.15) is 96.8 Å². The molecule has 0 N–H and O–H groups in total. The van der Waals surface area contributed by atoms with Crippen LogP contribution in [0.3, 0.4) is 0 Å². The van der Waals surface area contributed by atoms with Crippen molar-refractivity contribution < 1.29 is 14.3 Å². The molecule has 2 atom stereocenters. The minimum absolute atomic E-state index is 0.0797. The van der Waals surface area contributed by atoms with Crippen LogP contribution in [0.25, 0.3) is 0 Å². The van der Waals surface area contributed by atoms with Crippen LogP contribution in [-0.2, 0) is 14.3 Å². The quantitative estimate of drug-likeness (QED) is 0.230. The first-order valence-electron chi connectivity index (χ1n) is 9.50. The molecule has 0 unspecified atom stereocenters. The topological polar surface area (TPSA) is 38.8 Å². The molecule has 0 amide bonds. The summed E-state index contributed by atoms with van der Waals surface area (Å²) < 4.78 is 10.4. The summed E-state index contributed by atoms with van der Waals surface area (Å²) in [6, 6.07) is 0. The molecule has 1 rings (SSSR count). The minimum atomic E-state index is -0.0797. The van der Waals surface area contributed by atoms with E-state index in [2.05, 4.69) is 11.7 Å². The Labute approximate surface area is 137 Å². The molecule has 0 aromatic carbocycles. The van der Waals surface area contributed by atoms with Gasteiger partial charge < -0.3 is 9.47 Å². The van der Waals surface area contributed by atoms with Gasteiger partial charge in [0.15, 0.2) is 0 Å². The lowest BCUT2D eigenvalue weighted by molar-refractivity contribution is -0.140. The third-order valence-corrected chi connectivity index (χ3v) is 4.63. The second-order valence-electron chi connectivity index (χ2n) is 6.65. The van der Waals surface area contributed by atoms with Crippen molar-refractivity contribution in [2.45, 2.75) is 109 Å². The largest absolute Gasteiger partial charge is 0.469 e. The second-order valence-corrected chi connectivity index (χ2v) is 6.65. The van der Waals surface area contributed by atoms with Crippen molar-refractivity contribution in [1.29, 1.82) is 0 Å². The molecule has 3 heteroatoms. The van der Waals surface area contributed by atoms with Crippen LogP contribution in [-0.4, -0.2) is 25.3 Å². The SMILES string of the molecule is CCCCCCCC[C@@H]1O[C@H]1CCCCCCCC(=O)OC. The molecule has 0 aliphatic carbocycles. The van der Waals surface area contributed by atoms with Crippen LogP contribution in [0.2, 0.25) is 0 Å². The maximum Gasteiger partial charge on any atom is 0.305 e. The molecule has 22 heavy (non-hydrogen) atoms. The van der Waals surface area contributed by atoms with Gasteiger partial charge in [-0.15, -0.1) is 0 Å². The number of unbranched alkanes of at least 4 members (excludes halogenated alkanes) is 9. The van der Waals surface area contributed by atoms with E-state index in [0.29, 0.717) is 18.6 Å². The zero-order chi connectivity index (χ0) is 16.0. The summed E-state index contributed by atoms with van der Waals surface area (Å²) in [4.78, 5) is 11.0. The first-order chi connectivity index (χ1) is 10.8. The highest BCUT2D eigenvalue weighted by Crippen LogP contribution is 2.31. The Morgan fingerprint density at radius 1 is 0.818 bits per heavy atom. The van der Waals surface area contributed by atoms with Gasteiger partial charge in [0.2, 0.25) is 0 Å². The van der Waals surface area contributed by atoms with Gasteiger partial charge >= 0.3 is 5.97 Å². The third kappa shape index (κ3) is 10.2. The van der Waals surface area contributed by atoms with E-state index in [0.717, 1.165) is 12.8 Å². The van der Waals surface area contributed by atoms with Gasteiger partial charge in [0.25, 0.3) is 0 Å². The maximum absolute atomic E-state index is 11.0. The van der Waals surface area contributed by atoms with Gasteiger partial charge in [0, 0.05) is 6.42 Å². The van der Waals surface area contributed by atoms with Crippen LogP contribution >= 0.6 is 0 Å². The molecule has 0 aromatic heterocycles. The molecule has 3 nitrogen and oxygen atoms in total. The Morgan fingerprint density at radius 3 is 1.86 bits per heavy atom. The maximum atomic E-state index is 11.0. The number of epoxide rings is 1. The van der Waals surface area contributed by atoms with Crippen molar-refractivity contribution in [3.8, 4) is 0 Å². The Balaban J connectivity index is 1.77. The van der Waals surface area contributed by atoms with Gasteiger partial charge in [-0.2, -0.15) is 0 Å². The molecule has 0 radical (unpaired) electrons. The number of methoxy groups -OCH3 is 1. The van der Waals surface area contributed by atoms with Crippen molar-refractivity contribution in [3.05, 3.63) is 0 Å². The fourth-order valence-corrected chi connectivity index (χ4v) is 3.06. The summed E-state index contributed by atoms with van der Waals surface area (Å²) >= 11 is 0. The van der Waals surface area contributed by atoms with Crippen LogP contribution in [0, 0.1) is 0 Å². The molecule has 1 aliphatic rings. The minimum Gasteiger partial charge on any atom is -0.469 e. The molecule has 1 aliphatic heterocycles. The molecule has 1 fully saturated rings. The average Bonchev–Trinajstić information content (AvgIpc) is 3.28. The Morgan fingerprint density at radius 2 is 1.32 bits per heavy atom. The van der Waals surface area contributed by atoms with E-state index in [4.69, 9.17) is 4.74 Å². The number of carbonyl (C=O) groups is 1. The van der Waals surface area contributed by atoms with Gasteiger partial charge in [-0.1, -0.05) is 71.1 Å². The van der Waals surface area contributed by atoms with Gasteiger partial charge in [0.05, 0.1) is 19.3 Å². The molecule has 0 bridgehead atoms. The fourth-order valence-electron chi connectivity index (χ4n) is 3.06. The molecule has 0 spiro atoms. The molecular formula is C19H36O3. The van der Waals surface area contributed by atoms with Crippen molar-refractivity contribution in [3.63, 3.8) is 0 Å². The number of hydrogen-bond acceptors (Lipinski definition) is 3. The highest BCUT2D eigenvalue weighted by atomic mass is 16.6.